The largest absolute Gasteiger partial charge is 0.320 e. The molecule has 1 N–H and O–H groups in total. The van der Waals surface area contributed by atoms with Crippen molar-refractivity contribution >= 4 is 11.6 Å². The number of fused-ring (bicyclic) bond motifs is 1. The number of amides is 1. The van der Waals surface area contributed by atoms with E-state index in [1.807, 2.05) is 0 Å². The Hall–Kier alpha value is -1.49. The molecule has 1 aromatic rings. The smallest absolute Gasteiger partial charge is 0.238 e. The highest BCUT2D eigenvalue weighted by molar-refractivity contribution is 5.92. The summed E-state index contributed by atoms with van der Waals surface area (Å²) in [5.41, 5.74) is -0.347. The number of nitrogens with one attached hydrogen (secondary N) is 1. The van der Waals surface area contributed by atoms with Gasteiger partial charge in [0.15, 0.2) is 0 Å². The lowest BCUT2D eigenvalue weighted by molar-refractivity contribution is -0.118. The standard InChI is InChI=1S/C17H22F2N2O/c18-14-6-3-7-15(19)17(14)20-16(22)11-21-9-8-12-4-1-2-5-13(12)10-21/h3,6-7,12-13H,1-2,4-5,8-11H2,(H,20,22)/t12-,13+/m0/s1. The Morgan fingerprint density at radius 2 is 1.82 bits per heavy atom. The number of hydrogen-bond donors (Lipinski definition) is 1. The lowest BCUT2D eigenvalue weighted by atomic mass is 9.75. The van der Waals surface area contributed by atoms with Crippen molar-refractivity contribution in [2.45, 2.75) is 32.1 Å². The molecule has 3 rings (SSSR count). The van der Waals surface area contributed by atoms with Gasteiger partial charge in [-0.25, -0.2) is 8.78 Å². The zero-order valence-electron chi connectivity index (χ0n) is 12.7. The zero-order valence-corrected chi connectivity index (χ0v) is 12.7. The summed E-state index contributed by atoms with van der Waals surface area (Å²) in [6.07, 6.45) is 6.29. The number of halogens is 2. The molecule has 2 atom stereocenters. The molecule has 0 bridgehead atoms. The predicted molar refractivity (Wildman–Crippen MR) is 81.5 cm³/mol. The van der Waals surface area contributed by atoms with Crippen LogP contribution in [0.25, 0.3) is 0 Å². The second kappa shape index (κ2) is 6.73. The number of rotatable bonds is 3. The van der Waals surface area contributed by atoms with Gasteiger partial charge in [0.05, 0.1) is 6.54 Å². The average molecular weight is 308 g/mol. The van der Waals surface area contributed by atoms with Crippen LogP contribution < -0.4 is 5.32 Å². The van der Waals surface area contributed by atoms with Crippen molar-refractivity contribution in [1.82, 2.24) is 4.90 Å². The van der Waals surface area contributed by atoms with E-state index >= 15 is 0 Å². The minimum Gasteiger partial charge on any atom is -0.320 e. The molecule has 3 nitrogen and oxygen atoms in total. The Morgan fingerprint density at radius 3 is 2.55 bits per heavy atom. The average Bonchev–Trinajstić information content (AvgIpc) is 2.51. The van der Waals surface area contributed by atoms with E-state index in [1.54, 1.807) is 0 Å². The van der Waals surface area contributed by atoms with Crippen molar-refractivity contribution in [3.63, 3.8) is 0 Å². The highest BCUT2D eigenvalue weighted by Crippen LogP contribution is 2.35. The van der Waals surface area contributed by atoms with E-state index in [9.17, 15) is 13.6 Å². The molecule has 1 aliphatic carbocycles. The van der Waals surface area contributed by atoms with Crippen LogP contribution in [-0.4, -0.2) is 30.4 Å². The summed E-state index contributed by atoms with van der Waals surface area (Å²) in [6, 6.07) is 3.58. The van der Waals surface area contributed by atoms with Crippen LogP contribution in [0.3, 0.4) is 0 Å². The number of para-hydroxylation sites is 1. The van der Waals surface area contributed by atoms with Crippen LogP contribution in [-0.2, 0) is 4.79 Å². The Morgan fingerprint density at radius 1 is 1.14 bits per heavy atom. The quantitative estimate of drug-likeness (QED) is 0.928. The lowest BCUT2D eigenvalue weighted by Gasteiger charge is -2.41. The van der Waals surface area contributed by atoms with Crippen molar-refractivity contribution in [2.24, 2.45) is 11.8 Å². The first kappa shape index (κ1) is 15.4. The maximum absolute atomic E-state index is 13.5. The predicted octanol–water partition coefficient (Wildman–Crippen LogP) is 3.42. The molecule has 0 spiro atoms. The van der Waals surface area contributed by atoms with Crippen LogP contribution in [0.2, 0.25) is 0 Å². The van der Waals surface area contributed by atoms with E-state index in [1.165, 1.54) is 31.7 Å². The number of carbonyl (C=O) groups is 1. The molecule has 1 aromatic carbocycles. The first-order valence-electron chi connectivity index (χ1n) is 8.09. The van der Waals surface area contributed by atoms with Crippen molar-refractivity contribution in [1.29, 1.82) is 0 Å². The summed E-state index contributed by atoms with van der Waals surface area (Å²) >= 11 is 0. The Labute approximate surface area is 129 Å². The number of hydrogen-bond acceptors (Lipinski definition) is 2. The second-order valence-electron chi connectivity index (χ2n) is 6.47. The second-order valence-corrected chi connectivity index (χ2v) is 6.47. The number of likely N-dealkylation sites (tertiary alicyclic amines) is 1. The number of nitrogens with zero attached hydrogens (tertiary/aromatic N) is 1. The van der Waals surface area contributed by atoms with Crippen molar-refractivity contribution < 1.29 is 13.6 Å². The molecule has 120 valence electrons. The van der Waals surface area contributed by atoms with Gasteiger partial charge in [-0.05, 0) is 43.4 Å². The third kappa shape index (κ3) is 3.46. The number of benzene rings is 1. The van der Waals surface area contributed by atoms with Crippen LogP contribution in [0.4, 0.5) is 14.5 Å². The maximum Gasteiger partial charge on any atom is 0.238 e. The van der Waals surface area contributed by atoms with E-state index in [0.717, 1.165) is 37.6 Å². The Kier molecular flexibility index (Phi) is 4.71. The van der Waals surface area contributed by atoms with Crippen molar-refractivity contribution in [3.8, 4) is 0 Å². The van der Waals surface area contributed by atoms with Gasteiger partial charge in [0.25, 0.3) is 0 Å². The van der Waals surface area contributed by atoms with Gasteiger partial charge >= 0.3 is 0 Å². The van der Waals surface area contributed by atoms with E-state index in [0.29, 0.717) is 5.92 Å². The van der Waals surface area contributed by atoms with E-state index < -0.39 is 11.6 Å². The fraction of sp³-hybridized carbons (Fsp3) is 0.588. The van der Waals surface area contributed by atoms with Gasteiger partial charge in [0.1, 0.15) is 17.3 Å². The van der Waals surface area contributed by atoms with Gasteiger partial charge in [0.2, 0.25) is 5.91 Å². The molecule has 0 unspecified atom stereocenters. The van der Waals surface area contributed by atoms with Gasteiger partial charge < -0.3 is 5.32 Å². The van der Waals surface area contributed by atoms with Gasteiger partial charge in [-0.15, -0.1) is 0 Å². The monoisotopic (exact) mass is 308 g/mol. The summed E-state index contributed by atoms with van der Waals surface area (Å²) in [4.78, 5) is 14.2. The number of piperidine rings is 1. The first-order chi connectivity index (χ1) is 10.6. The topological polar surface area (TPSA) is 32.3 Å². The molecule has 1 heterocycles. The molecule has 0 radical (unpaired) electrons. The van der Waals surface area contributed by atoms with Gasteiger partial charge in [-0.2, -0.15) is 0 Å². The molecule has 1 saturated carbocycles. The summed E-state index contributed by atoms with van der Waals surface area (Å²) in [5, 5.41) is 2.37. The highest BCUT2D eigenvalue weighted by Gasteiger charge is 2.31. The number of carbonyl (C=O) groups excluding carboxylic acids is 1. The third-order valence-electron chi connectivity index (χ3n) is 4.97. The molecule has 1 saturated heterocycles. The summed E-state index contributed by atoms with van der Waals surface area (Å²) in [5.74, 6) is -0.338. The molecule has 0 aromatic heterocycles. The van der Waals surface area contributed by atoms with Crippen molar-refractivity contribution in [3.05, 3.63) is 29.8 Å². The SMILES string of the molecule is O=C(CN1CC[C@@H]2CCCC[C@@H]2C1)Nc1c(F)cccc1F. The maximum atomic E-state index is 13.5. The van der Waals surface area contributed by atoms with E-state index in [-0.39, 0.29) is 18.1 Å². The molecule has 2 fully saturated rings. The third-order valence-corrected chi connectivity index (χ3v) is 4.97. The summed E-state index contributed by atoms with van der Waals surface area (Å²) < 4.78 is 27.1. The molecular formula is C17H22F2N2O. The summed E-state index contributed by atoms with van der Waals surface area (Å²) in [6.45, 7) is 2.03. The van der Waals surface area contributed by atoms with Crippen molar-refractivity contribution in [2.75, 3.05) is 25.0 Å². The molecule has 1 aliphatic heterocycles. The minimum atomic E-state index is -0.737. The Balaban J connectivity index is 1.56. The van der Waals surface area contributed by atoms with Gasteiger partial charge in [0, 0.05) is 6.54 Å². The molecule has 22 heavy (non-hydrogen) atoms. The zero-order chi connectivity index (χ0) is 15.5. The highest BCUT2D eigenvalue weighted by atomic mass is 19.1. The molecular weight excluding hydrogens is 286 g/mol. The van der Waals surface area contributed by atoms with E-state index in [4.69, 9.17) is 0 Å². The van der Waals surface area contributed by atoms with Gasteiger partial charge in [-0.3, -0.25) is 9.69 Å². The molecule has 5 heteroatoms. The fourth-order valence-electron chi connectivity index (χ4n) is 3.82. The summed E-state index contributed by atoms with van der Waals surface area (Å²) in [7, 11) is 0. The van der Waals surface area contributed by atoms with Crippen LogP contribution in [0, 0.1) is 23.5 Å². The first-order valence-corrected chi connectivity index (χ1v) is 8.09. The minimum absolute atomic E-state index is 0.205. The van der Waals surface area contributed by atoms with Crippen LogP contribution in [0.5, 0.6) is 0 Å². The normalized spacial score (nSPS) is 25.5. The molecule has 2 aliphatic rings. The number of anilines is 1. The molecule has 1 amide bonds. The van der Waals surface area contributed by atoms with E-state index in [2.05, 4.69) is 10.2 Å². The Bertz CT molecular complexity index is 529. The lowest BCUT2D eigenvalue weighted by Crippen LogP contribution is -2.44. The van der Waals surface area contributed by atoms with Crippen LogP contribution in [0.1, 0.15) is 32.1 Å². The fourth-order valence-corrected chi connectivity index (χ4v) is 3.82. The van der Waals surface area contributed by atoms with Crippen LogP contribution >= 0.6 is 0 Å². The van der Waals surface area contributed by atoms with Gasteiger partial charge in [-0.1, -0.05) is 25.3 Å². The van der Waals surface area contributed by atoms with Crippen LogP contribution in [0.15, 0.2) is 18.2 Å².